The predicted octanol–water partition coefficient (Wildman–Crippen LogP) is 0.961. The molecule has 0 radical (unpaired) electrons. The van der Waals surface area contributed by atoms with E-state index in [2.05, 4.69) is 15.2 Å². The fraction of sp³-hybridized carbons (Fsp3) is 0.389. The fourth-order valence-corrected chi connectivity index (χ4v) is 4.42. The van der Waals surface area contributed by atoms with E-state index in [0.29, 0.717) is 13.1 Å². The molecule has 2 aliphatic heterocycles. The molecule has 0 aliphatic carbocycles. The van der Waals surface area contributed by atoms with E-state index in [1.54, 1.807) is 23.3 Å². The first-order chi connectivity index (χ1) is 12.7. The van der Waals surface area contributed by atoms with Gasteiger partial charge >= 0.3 is 0 Å². The van der Waals surface area contributed by atoms with Gasteiger partial charge in [0.1, 0.15) is 16.8 Å². The second kappa shape index (κ2) is 7.05. The minimum Gasteiger partial charge on any atom is -0.496 e. The third-order valence-electron chi connectivity index (χ3n) is 4.77. The zero-order chi connectivity index (χ0) is 18.1. The van der Waals surface area contributed by atoms with Gasteiger partial charge in [-0.3, -0.25) is 14.5 Å². The quantitative estimate of drug-likeness (QED) is 0.865. The number of carbonyl (C=O) groups is 2. The number of thiazole rings is 1. The maximum Gasteiger partial charge on any atom is 0.244 e. The van der Waals surface area contributed by atoms with Gasteiger partial charge in [0, 0.05) is 37.3 Å². The first-order valence-electron chi connectivity index (χ1n) is 8.53. The fourth-order valence-electron chi connectivity index (χ4n) is 3.43. The Morgan fingerprint density at radius 3 is 3.00 bits per heavy atom. The second-order valence-electron chi connectivity index (χ2n) is 6.39. The Balaban J connectivity index is 1.46. The molecular formula is C18H20N4O3S. The van der Waals surface area contributed by atoms with Gasteiger partial charge in [0.25, 0.3) is 0 Å². The summed E-state index contributed by atoms with van der Waals surface area (Å²) in [4.78, 5) is 33.6. The van der Waals surface area contributed by atoms with Crippen LogP contribution in [0.2, 0.25) is 0 Å². The Bertz CT molecular complexity index is 837. The number of rotatable bonds is 4. The number of amides is 2. The molecule has 2 aliphatic rings. The normalized spacial score (nSPS) is 20.7. The van der Waals surface area contributed by atoms with Crippen molar-refractivity contribution in [2.75, 3.05) is 33.3 Å². The van der Waals surface area contributed by atoms with E-state index in [4.69, 9.17) is 4.74 Å². The number of ether oxygens (including phenoxy) is 1. The van der Waals surface area contributed by atoms with Crippen molar-refractivity contribution >= 4 is 23.2 Å². The van der Waals surface area contributed by atoms with Gasteiger partial charge in [0.15, 0.2) is 0 Å². The SMILES string of the molecule is COc1ccccc1-c1ncc(CN2CCN3C(=O)CNC(=O)[C@H]3C2)s1. The molecule has 7 nitrogen and oxygen atoms in total. The standard InChI is InChI=1S/C18H20N4O3S/c1-25-15-5-3-2-4-13(15)18-20-8-12(26-18)10-21-6-7-22-14(11-21)17(24)19-9-16(22)23/h2-5,8,14H,6-7,9-11H2,1H3,(H,19,24)/t14-/m1/s1. The molecule has 2 aromatic rings. The van der Waals surface area contributed by atoms with Crippen LogP contribution in [-0.2, 0) is 16.1 Å². The maximum absolute atomic E-state index is 12.1. The molecule has 4 rings (SSSR count). The van der Waals surface area contributed by atoms with Gasteiger partial charge in [-0.15, -0.1) is 11.3 Å². The number of hydrogen-bond donors (Lipinski definition) is 1. The number of benzene rings is 1. The van der Waals surface area contributed by atoms with Gasteiger partial charge < -0.3 is 15.0 Å². The Morgan fingerprint density at radius 2 is 2.15 bits per heavy atom. The van der Waals surface area contributed by atoms with Gasteiger partial charge in [-0.2, -0.15) is 0 Å². The van der Waals surface area contributed by atoms with Crippen molar-refractivity contribution in [1.29, 1.82) is 0 Å². The Kier molecular flexibility index (Phi) is 4.60. The van der Waals surface area contributed by atoms with Gasteiger partial charge in [-0.05, 0) is 12.1 Å². The largest absolute Gasteiger partial charge is 0.496 e. The second-order valence-corrected chi connectivity index (χ2v) is 7.50. The zero-order valence-electron chi connectivity index (χ0n) is 14.5. The van der Waals surface area contributed by atoms with E-state index in [-0.39, 0.29) is 24.4 Å². The number of fused-ring (bicyclic) bond motifs is 1. The van der Waals surface area contributed by atoms with Gasteiger partial charge in [-0.25, -0.2) is 4.98 Å². The van der Waals surface area contributed by atoms with E-state index in [1.165, 1.54) is 0 Å². The highest BCUT2D eigenvalue weighted by molar-refractivity contribution is 7.15. The third-order valence-corrected chi connectivity index (χ3v) is 5.79. The van der Waals surface area contributed by atoms with E-state index in [9.17, 15) is 9.59 Å². The average Bonchev–Trinajstić information content (AvgIpc) is 3.13. The molecule has 1 aromatic carbocycles. The molecule has 0 bridgehead atoms. The highest BCUT2D eigenvalue weighted by atomic mass is 32.1. The summed E-state index contributed by atoms with van der Waals surface area (Å²) in [7, 11) is 1.66. The molecule has 26 heavy (non-hydrogen) atoms. The molecule has 0 spiro atoms. The summed E-state index contributed by atoms with van der Waals surface area (Å²) >= 11 is 1.63. The van der Waals surface area contributed by atoms with E-state index < -0.39 is 0 Å². The first kappa shape index (κ1) is 17.0. The van der Waals surface area contributed by atoms with Crippen molar-refractivity contribution < 1.29 is 14.3 Å². The summed E-state index contributed by atoms with van der Waals surface area (Å²) < 4.78 is 5.41. The van der Waals surface area contributed by atoms with Crippen LogP contribution in [0.4, 0.5) is 0 Å². The molecule has 2 fully saturated rings. The summed E-state index contributed by atoms with van der Waals surface area (Å²) in [6.07, 6.45) is 1.88. The molecule has 0 saturated carbocycles. The molecule has 0 unspecified atom stereocenters. The molecule has 1 aromatic heterocycles. The number of aromatic nitrogens is 1. The Morgan fingerprint density at radius 1 is 1.31 bits per heavy atom. The average molecular weight is 372 g/mol. The molecule has 3 heterocycles. The van der Waals surface area contributed by atoms with Crippen molar-refractivity contribution in [3.05, 3.63) is 35.3 Å². The summed E-state index contributed by atoms with van der Waals surface area (Å²) in [5, 5.41) is 3.59. The van der Waals surface area contributed by atoms with Crippen LogP contribution in [0, 0.1) is 0 Å². The van der Waals surface area contributed by atoms with Crippen LogP contribution in [0.5, 0.6) is 5.75 Å². The van der Waals surface area contributed by atoms with E-state index in [0.717, 1.165) is 34.3 Å². The smallest absolute Gasteiger partial charge is 0.244 e. The molecule has 1 N–H and O–H groups in total. The lowest BCUT2D eigenvalue weighted by Crippen LogP contribution is -2.65. The van der Waals surface area contributed by atoms with Crippen LogP contribution in [0.25, 0.3) is 10.6 Å². The molecule has 2 saturated heterocycles. The summed E-state index contributed by atoms with van der Waals surface area (Å²) in [6.45, 7) is 2.75. The minimum atomic E-state index is -0.383. The number of piperazine rings is 2. The molecule has 136 valence electrons. The first-order valence-corrected chi connectivity index (χ1v) is 9.35. The molecule has 8 heteroatoms. The van der Waals surface area contributed by atoms with Gasteiger partial charge in [-0.1, -0.05) is 12.1 Å². The number of para-hydroxylation sites is 1. The summed E-state index contributed by atoms with van der Waals surface area (Å²) in [5.74, 6) is 0.748. The highest BCUT2D eigenvalue weighted by Crippen LogP contribution is 2.33. The van der Waals surface area contributed by atoms with Crippen LogP contribution in [0.3, 0.4) is 0 Å². The third kappa shape index (κ3) is 3.17. The van der Waals surface area contributed by atoms with Crippen molar-refractivity contribution in [2.24, 2.45) is 0 Å². The van der Waals surface area contributed by atoms with Gasteiger partial charge in [0.2, 0.25) is 11.8 Å². The van der Waals surface area contributed by atoms with Crippen molar-refractivity contribution in [1.82, 2.24) is 20.1 Å². The van der Waals surface area contributed by atoms with E-state index in [1.807, 2.05) is 30.5 Å². The number of nitrogens with zero attached hydrogens (tertiary/aromatic N) is 3. The molecule has 1 atom stereocenters. The molecule has 2 amide bonds. The number of methoxy groups -OCH3 is 1. The van der Waals surface area contributed by atoms with Crippen molar-refractivity contribution in [3.8, 4) is 16.3 Å². The van der Waals surface area contributed by atoms with Crippen molar-refractivity contribution in [3.63, 3.8) is 0 Å². The van der Waals surface area contributed by atoms with Crippen LogP contribution in [0.1, 0.15) is 4.88 Å². The Labute approximate surface area is 155 Å². The van der Waals surface area contributed by atoms with Crippen LogP contribution in [-0.4, -0.2) is 65.9 Å². The topological polar surface area (TPSA) is 74.8 Å². The lowest BCUT2D eigenvalue weighted by Gasteiger charge is -2.42. The summed E-state index contributed by atoms with van der Waals surface area (Å²) in [6, 6.07) is 7.45. The zero-order valence-corrected chi connectivity index (χ0v) is 15.3. The maximum atomic E-state index is 12.1. The lowest BCUT2D eigenvalue weighted by atomic mass is 10.1. The number of hydrogen-bond acceptors (Lipinski definition) is 6. The predicted molar refractivity (Wildman–Crippen MR) is 97.9 cm³/mol. The number of carbonyl (C=O) groups excluding carboxylic acids is 2. The van der Waals surface area contributed by atoms with Crippen LogP contribution in [0.15, 0.2) is 30.5 Å². The molecular weight excluding hydrogens is 352 g/mol. The van der Waals surface area contributed by atoms with Crippen LogP contribution >= 0.6 is 11.3 Å². The van der Waals surface area contributed by atoms with Crippen LogP contribution < -0.4 is 10.1 Å². The van der Waals surface area contributed by atoms with E-state index >= 15 is 0 Å². The monoisotopic (exact) mass is 372 g/mol. The minimum absolute atomic E-state index is 0.00509. The summed E-state index contributed by atoms with van der Waals surface area (Å²) in [5.41, 5.74) is 0.980. The Hall–Kier alpha value is -2.45. The number of nitrogens with one attached hydrogen (secondary N) is 1. The van der Waals surface area contributed by atoms with Crippen molar-refractivity contribution in [2.45, 2.75) is 12.6 Å². The lowest BCUT2D eigenvalue weighted by molar-refractivity contribution is -0.149. The highest BCUT2D eigenvalue weighted by Gasteiger charge is 2.38. The van der Waals surface area contributed by atoms with Gasteiger partial charge in [0.05, 0.1) is 19.2 Å².